The predicted molar refractivity (Wildman–Crippen MR) is 66.8 cm³/mol. The third kappa shape index (κ3) is 3.05. The molecule has 1 saturated heterocycles. The number of amides is 1. The molecule has 0 aromatic heterocycles. The van der Waals surface area contributed by atoms with E-state index in [-0.39, 0.29) is 11.8 Å². The standard InChI is InChI=1S/C13H18N2O2/c1-2-17-9-10-5-3-4-6-12(10)15-13(16)11-7-14-8-11/h3-6,11,14H,2,7-9H2,1H3,(H,15,16). The first kappa shape index (κ1) is 12.1. The molecule has 0 bridgehead atoms. The number of para-hydroxylation sites is 1. The summed E-state index contributed by atoms with van der Waals surface area (Å²) in [5.74, 6) is 0.197. The summed E-state index contributed by atoms with van der Waals surface area (Å²) >= 11 is 0. The van der Waals surface area contributed by atoms with Gasteiger partial charge in [0.2, 0.25) is 5.91 Å². The van der Waals surface area contributed by atoms with Crippen molar-refractivity contribution >= 4 is 11.6 Å². The van der Waals surface area contributed by atoms with Crippen molar-refractivity contribution in [3.05, 3.63) is 29.8 Å². The number of hydrogen-bond acceptors (Lipinski definition) is 3. The molecule has 0 atom stereocenters. The Balaban J connectivity index is 2.00. The molecular formula is C13H18N2O2. The molecule has 0 saturated carbocycles. The van der Waals surface area contributed by atoms with E-state index in [9.17, 15) is 4.79 Å². The van der Waals surface area contributed by atoms with E-state index in [0.717, 1.165) is 24.3 Å². The first-order valence-corrected chi connectivity index (χ1v) is 5.98. The van der Waals surface area contributed by atoms with Crippen LogP contribution in [0.5, 0.6) is 0 Å². The Kier molecular flexibility index (Phi) is 4.12. The molecule has 0 radical (unpaired) electrons. The fraction of sp³-hybridized carbons (Fsp3) is 0.462. The first-order chi connectivity index (χ1) is 8.31. The Morgan fingerprint density at radius 1 is 1.47 bits per heavy atom. The van der Waals surface area contributed by atoms with E-state index >= 15 is 0 Å². The van der Waals surface area contributed by atoms with E-state index in [1.807, 2.05) is 31.2 Å². The number of ether oxygens (including phenoxy) is 1. The van der Waals surface area contributed by atoms with E-state index < -0.39 is 0 Å². The normalized spacial score (nSPS) is 15.4. The smallest absolute Gasteiger partial charge is 0.230 e. The molecule has 17 heavy (non-hydrogen) atoms. The van der Waals surface area contributed by atoms with Gasteiger partial charge in [0.15, 0.2) is 0 Å². The minimum atomic E-state index is 0.0905. The zero-order chi connectivity index (χ0) is 12.1. The van der Waals surface area contributed by atoms with Crippen LogP contribution in [0.15, 0.2) is 24.3 Å². The highest BCUT2D eigenvalue weighted by Crippen LogP contribution is 2.17. The summed E-state index contributed by atoms with van der Waals surface area (Å²) in [6, 6.07) is 7.77. The Morgan fingerprint density at radius 2 is 2.24 bits per heavy atom. The van der Waals surface area contributed by atoms with Gasteiger partial charge >= 0.3 is 0 Å². The quantitative estimate of drug-likeness (QED) is 0.809. The molecule has 1 aromatic rings. The lowest BCUT2D eigenvalue weighted by molar-refractivity contribution is -0.121. The van der Waals surface area contributed by atoms with Gasteiger partial charge in [0.1, 0.15) is 0 Å². The molecule has 92 valence electrons. The number of carbonyl (C=O) groups is 1. The molecule has 1 amide bonds. The van der Waals surface area contributed by atoms with E-state index in [1.165, 1.54) is 0 Å². The number of carbonyl (C=O) groups excluding carboxylic acids is 1. The summed E-state index contributed by atoms with van der Waals surface area (Å²) in [6.45, 7) is 4.73. The summed E-state index contributed by atoms with van der Waals surface area (Å²) in [6.07, 6.45) is 0. The lowest BCUT2D eigenvalue weighted by Gasteiger charge is -2.26. The molecule has 1 aromatic carbocycles. The highest BCUT2D eigenvalue weighted by molar-refractivity contribution is 5.94. The number of nitrogens with one attached hydrogen (secondary N) is 2. The maximum atomic E-state index is 11.8. The lowest BCUT2D eigenvalue weighted by Crippen LogP contribution is -2.48. The molecule has 1 heterocycles. The van der Waals surface area contributed by atoms with Crippen molar-refractivity contribution in [2.24, 2.45) is 5.92 Å². The fourth-order valence-electron chi connectivity index (χ4n) is 1.69. The van der Waals surface area contributed by atoms with Crippen molar-refractivity contribution in [1.29, 1.82) is 0 Å². The molecule has 4 heteroatoms. The van der Waals surface area contributed by atoms with Crippen molar-refractivity contribution in [2.45, 2.75) is 13.5 Å². The van der Waals surface area contributed by atoms with Gasteiger partial charge in [-0.05, 0) is 13.0 Å². The Hall–Kier alpha value is -1.39. The zero-order valence-electron chi connectivity index (χ0n) is 10.0. The average molecular weight is 234 g/mol. The molecule has 2 rings (SSSR count). The van der Waals surface area contributed by atoms with Crippen molar-refractivity contribution in [3.8, 4) is 0 Å². The van der Waals surface area contributed by atoms with E-state index in [0.29, 0.717) is 13.2 Å². The summed E-state index contributed by atoms with van der Waals surface area (Å²) in [4.78, 5) is 11.8. The van der Waals surface area contributed by atoms with Crippen LogP contribution in [0.2, 0.25) is 0 Å². The fourth-order valence-corrected chi connectivity index (χ4v) is 1.69. The predicted octanol–water partition coefficient (Wildman–Crippen LogP) is 1.38. The average Bonchev–Trinajstić information content (AvgIpc) is 2.25. The number of rotatable bonds is 5. The van der Waals surface area contributed by atoms with Gasteiger partial charge in [-0.15, -0.1) is 0 Å². The van der Waals surface area contributed by atoms with Crippen LogP contribution < -0.4 is 10.6 Å². The van der Waals surface area contributed by atoms with Crippen LogP contribution in [-0.4, -0.2) is 25.6 Å². The van der Waals surface area contributed by atoms with Crippen LogP contribution in [0.4, 0.5) is 5.69 Å². The molecule has 0 aliphatic carbocycles. The maximum absolute atomic E-state index is 11.8. The van der Waals surface area contributed by atoms with Crippen LogP contribution >= 0.6 is 0 Å². The second-order valence-corrected chi connectivity index (χ2v) is 4.14. The zero-order valence-corrected chi connectivity index (χ0v) is 10.0. The van der Waals surface area contributed by atoms with E-state index in [4.69, 9.17) is 4.74 Å². The SMILES string of the molecule is CCOCc1ccccc1NC(=O)C1CNC1. The van der Waals surface area contributed by atoms with Gasteiger partial charge in [-0.3, -0.25) is 4.79 Å². The van der Waals surface area contributed by atoms with Crippen molar-refractivity contribution < 1.29 is 9.53 Å². The molecule has 0 spiro atoms. The molecule has 0 unspecified atom stereocenters. The van der Waals surface area contributed by atoms with E-state index in [2.05, 4.69) is 10.6 Å². The molecule has 4 nitrogen and oxygen atoms in total. The van der Waals surface area contributed by atoms with Gasteiger partial charge in [0, 0.05) is 30.9 Å². The number of hydrogen-bond donors (Lipinski definition) is 2. The summed E-state index contributed by atoms with van der Waals surface area (Å²) in [5.41, 5.74) is 1.88. The molecular weight excluding hydrogens is 216 g/mol. The second kappa shape index (κ2) is 5.80. The van der Waals surface area contributed by atoms with Gasteiger partial charge in [0.05, 0.1) is 12.5 Å². The largest absolute Gasteiger partial charge is 0.377 e. The number of anilines is 1. The van der Waals surface area contributed by atoms with Crippen molar-refractivity contribution in [2.75, 3.05) is 25.0 Å². The maximum Gasteiger partial charge on any atom is 0.230 e. The highest BCUT2D eigenvalue weighted by Gasteiger charge is 2.25. The van der Waals surface area contributed by atoms with Crippen LogP contribution in [0.25, 0.3) is 0 Å². The molecule has 1 aliphatic heterocycles. The monoisotopic (exact) mass is 234 g/mol. The van der Waals surface area contributed by atoms with Crippen LogP contribution in [0.1, 0.15) is 12.5 Å². The highest BCUT2D eigenvalue weighted by atomic mass is 16.5. The van der Waals surface area contributed by atoms with Gasteiger partial charge in [-0.2, -0.15) is 0 Å². The van der Waals surface area contributed by atoms with Crippen LogP contribution in [-0.2, 0) is 16.1 Å². The minimum Gasteiger partial charge on any atom is -0.377 e. The van der Waals surface area contributed by atoms with Gasteiger partial charge < -0.3 is 15.4 Å². The third-order valence-electron chi connectivity index (χ3n) is 2.89. The van der Waals surface area contributed by atoms with Crippen LogP contribution in [0.3, 0.4) is 0 Å². The third-order valence-corrected chi connectivity index (χ3v) is 2.89. The summed E-state index contributed by atoms with van der Waals surface area (Å²) < 4.78 is 5.38. The molecule has 1 fully saturated rings. The Bertz CT molecular complexity index is 389. The van der Waals surface area contributed by atoms with Crippen molar-refractivity contribution in [3.63, 3.8) is 0 Å². The summed E-state index contributed by atoms with van der Waals surface area (Å²) in [7, 11) is 0. The second-order valence-electron chi connectivity index (χ2n) is 4.14. The van der Waals surface area contributed by atoms with E-state index in [1.54, 1.807) is 0 Å². The van der Waals surface area contributed by atoms with Gasteiger partial charge in [-0.1, -0.05) is 18.2 Å². The molecule has 1 aliphatic rings. The Labute approximate surface area is 101 Å². The van der Waals surface area contributed by atoms with Crippen molar-refractivity contribution in [1.82, 2.24) is 5.32 Å². The summed E-state index contributed by atoms with van der Waals surface area (Å²) in [5, 5.41) is 6.05. The lowest BCUT2D eigenvalue weighted by atomic mass is 10.0. The minimum absolute atomic E-state index is 0.0905. The van der Waals surface area contributed by atoms with Gasteiger partial charge in [0.25, 0.3) is 0 Å². The Morgan fingerprint density at radius 3 is 2.88 bits per heavy atom. The molecule has 2 N–H and O–H groups in total. The topological polar surface area (TPSA) is 50.4 Å². The first-order valence-electron chi connectivity index (χ1n) is 5.98. The van der Waals surface area contributed by atoms with Gasteiger partial charge in [-0.25, -0.2) is 0 Å². The van der Waals surface area contributed by atoms with Crippen LogP contribution in [0, 0.1) is 5.92 Å². The number of benzene rings is 1.